The van der Waals surface area contributed by atoms with Crippen LogP contribution >= 0.6 is 27.5 Å². The first kappa shape index (κ1) is 18.3. The molecule has 0 aliphatic carbocycles. The van der Waals surface area contributed by atoms with E-state index < -0.39 is 11.9 Å². The van der Waals surface area contributed by atoms with Crippen molar-refractivity contribution in [3.63, 3.8) is 0 Å². The summed E-state index contributed by atoms with van der Waals surface area (Å²) in [4.78, 5) is 26.0. The predicted molar refractivity (Wildman–Crippen MR) is 95.7 cm³/mol. The highest BCUT2D eigenvalue weighted by Crippen LogP contribution is 2.39. The number of anilines is 1. The third-order valence-corrected chi connectivity index (χ3v) is 4.18. The van der Waals surface area contributed by atoms with Crippen molar-refractivity contribution in [1.82, 2.24) is 0 Å². The normalized spacial score (nSPS) is 13.8. The Labute approximate surface area is 153 Å². The maximum Gasteiger partial charge on any atom is 0.355 e. The first-order valence-corrected chi connectivity index (χ1v) is 8.08. The van der Waals surface area contributed by atoms with Crippen LogP contribution in [0.2, 0.25) is 5.02 Å². The number of allylic oxidation sites excluding steroid dienone is 2. The van der Waals surface area contributed by atoms with Gasteiger partial charge in [0.25, 0.3) is 0 Å². The van der Waals surface area contributed by atoms with Crippen molar-refractivity contribution in [2.24, 2.45) is 0 Å². The fourth-order valence-corrected chi connectivity index (χ4v) is 3.50. The van der Waals surface area contributed by atoms with Crippen LogP contribution in [-0.4, -0.2) is 26.2 Å². The van der Waals surface area contributed by atoms with E-state index in [2.05, 4.69) is 15.9 Å². The third-order valence-electron chi connectivity index (χ3n) is 3.29. The molecule has 1 heterocycles. The van der Waals surface area contributed by atoms with E-state index in [1.165, 1.54) is 25.2 Å². The lowest BCUT2D eigenvalue weighted by Gasteiger charge is -2.25. The van der Waals surface area contributed by atoms with E-state index in [1.807, 2.05) is 13.0 Å². The van der Waals surface area contributed by atoms with Crippen molar-refractivity contribution in [3.8, 4) is 0 Å². The molecule has 0 radical (unpaired) electrons. The van der Waals surface area contributed by atoms with Crippen LogP contribution in [0.5, 0.6) is 0 Å². The van der Waals surface area contributed by atoms with Crippen LogP contribution in [0.1, 0.15) is 5.56 Å². The van der Waals surface area contributed by atoms with Crippen LogP contribution in [-0.2, 0) is 19.1 Å². The molecule has 2 rings (SSSR count). The van der Waals surface area contributed by atoms with Crippen molar-refractivity contribution in [2.75, 3.05) is 19.1 Å². The lowest BCUT2D eigenvalue weighted by Crippen LogP contribution is -2.27. The molecule has 0 N–H and O–H groups in total. The molecule has 1 aromatic carbocycles. The largest absolute Gasteiger partial charge is 0.465 e. The number of hydrogen-bond acceptors (Lipinski definition) is 5. The second-order valence-corrected chi connectivity index (χ2v) is 6.15. The van der Waals surface area contributed by atoms with Crippen LogP contribution in [0.25, 0.3) is 0 Å². The summed E-state index contributed by atoms with van der Waals surface area (Å²) >= 11 is 9.84. The molecule has 0 atom stereocenters. The molecule has 1 aromatic rings. The SMILES string of the molecule is COC(=O)C1=C(C(=O)OC)N(c2c(Cl)cc(C)cc2Br)C=CC=C1. The number of esters is 2. The van der Waals surface area contributed by atoms with Gasteiger partial charge in [-0.05, 0) is 52.7 Å². The van der Waals surface area contributed by atoms with Crippen molar-refractivity contribution >= 4 is 45.2 Å². The molecular weight excluding hydrogens is 398 g/mol. The molecule has 0 saturated heterocycles. The van der Waals surface area contributed by atoms with Crippen molar-refractivity contribution in [2.45, 2.75) is 6.92 Å². The number of hydrogen-bond donors (Lipinski definition) is 0. The molecule has 1 aliphatic heterocycles. The van der Waals surface area contributed by atoms with Crippen LogP contribution in [0.3, 0.4) is 0 Å². The first-order chi connectivity index (χ1) is 11.4. The van der Waals surface area contributed by atoms with E-state index in [1.54, 1.807) is 24.4 Å². The van der Waals surface area contributed by atoms with E-state index in [4.69, 9.17) is 21.1 Å². The van der Waals surface area contributed by atoms with Gasteiger partial charge in [0, 0.05) is 10.7 Å². The standard InChI is InChI=1S/C17H15BrClNO4/c1-10-8-12(18)15(13(19)9-10)20-7-5-4-6-11(16(21)23-2)14(20)17(22)24-3/h4-9H,1-3H3. The Hall–Kier alpha value is -2.05. The topological polar surface area (TPSA) is 55.8 Å². The highest BCUT2D eigenvalue weighted by Gasteiger charge is 2.29. The maximum absolute atomic E-state index is 12.4. The highest BCUT2D eigenvalue weighted by atomic mass is 79.9. The second kappa shape index (κ2) is 7.68. The molecule has 0 unspecified atom stereocenters. The van der Waals surface area contributed by atoms with Crippen LogP contribution in [0.4, 0.5) is 5.69 Å². The number of carbonyl (C=O) groups is 2. The number of nitrogens with zero attached hydrogens (tertiary/aromatic N) is 1. The Bertz CT molecular complexity index is 760. The summed E-state index contributed by atoms with van der Waals surface area (Å²) < 4.78 is 10.3. The summed E-state index contributed by atoms with van der Waals surface area (Å²) in [6.45, 7) is 1.90. The zero-order valence-corrected chi connectivity index (χ0v) is 15.6. The molecule has 0 fully saturated rings. The van der Waals surface area contributed by atoms with Crippen LogP contribution in [0.15, 0.2) is 52.3 Å². The molecule has 1 aliphatic rings. The van der Waals surface area contributed by atoms with Gasteiger partial charge >= 0.3 is 11.9 Å². The smallest absolute Gasteiger partial charge is 0.355 e. The van der Waals surface area contributed by atoms with Gasteiger partial charge < -0.3 is 14.4 Å². The van der Waals surface area contributed by atoms with Gasteiger partial charge in [0.05, 0.1) is 30.5 Å². The number of benzene rings is 1. The molecule has 0 spiro atoms. The van der Waals surface area contributed by atoms with E-state index in [9.17, 15) is 9.59 Å². The zero-order valence-electron chi connectivity index (χ0n) is 13.3. The average Bonchev–Trinajstić information content (AvgIpc) is 2.75. The molecule has 0 bridgehead atoms. The number of methoxy groups -OCH3 is 2. The molecule has 24 heavy (non-hydrogen) atoms. The number of halogens is 2. The summed E-state index contributed by atoms with van der Waals surface area (Å²) in [5, 5.41) is 0.416. The molecule has 0 saturated carbocycles. The van der Waals surface area contributed by atoms with Gasteiger partial charge in [0.1, 0.15) is 5.70 Å². The molecule has 126 valence electrons. The fraction of sp³-hybridized carbons (Fsp3) is 0.176. The van der Waals surface area contributed by atoms with Gasteiger partial charge in [0.15, 0.2) is 0 Å². The monoisotopic (exact) mass is 411 g/mol. The summed E-state index contributed by atoms with van der Waals surface area (Å²) in [5.74, 6) is -1.34. The first-order valence-electron chi connectivity index (χ1n) is 6.91. The van der Waals surface area contributed by atoms with Crippen LogP contribution in [0, 0.1) is 6.92 Å². The van der Waals surface area contributed by atoms with Gasteiger partial charge in [-0.25, -0.2) is 9.59 Å². The van der Waals surface area contributed by atoms with E-state index in [0.717, 1.165) is 5.56 Å². The molecule has 0 amide bonds. The van der Waals surface area contributed by atoms with Gasteiger partial charge in [-0.2, -0.15) is 0 Å². The lowest BCUT2D eigenvalue weighted by molar-refractivity contribution is -0.139. The van der Waals surface area contributed by atoms with E-state index >= 15 is 0 Å². The predicted octanol–water partition coefficient (Wildman–Crippen LogP) is 3.90. The summed E-state index contributed by atoms with van der Waals surface area (Å²) in [6.07, 6.45) is 6.43. The van der Waals surface area contributed by atoms with E-state index in [0.29, 0.717) is 15.2 Å². The zero-order chi connectivity index (χ0) is 17.9. The lowest BCUT2D eigenvalue weighted by atomic mass is 10.1. The number of ether oxygens (including phenoxy) is 2. The number of aryl methyl sites for hydroxylation is 1. The minimum atomic E-state index is -0.685. The Morgan fingerprint density at radius 2 is 1.79 bits per heavy atom. The highest BCUT2D eigenvalue weighted by molar-refractivity contribution is 9.10. The van der Waals surface area contributed by atoms with Gasteiger partial charge in [-0.15, -0.1) is 0 Å². The second-order valence-electron chi connectivity index (χ2n) is 4.89. The summed E-state index contributed by atoms with van der Waals surface area (Å²) in [7, 11) is 2.49. The van der Waals surface area contributed by atoms with E-state index in [-0.39, 0.29) is 11.3 Å². The van der Waals surface area contributed by atoms with Crippen molar-refractivity contribution in [3.05, 3.63) is 62.9 Å². The quantitative estimate of drug-likeness (QED) is 0.705. The Morgan fingerprint density at radius 1 is 1.12 bits per heavy atom. The molecular formula is C17H15BrClNO4. The Morgan fingerprint density at radius 3 is 2.38 bits per heavy atom. The van der Waals surface area contributed by atoms with Gasteiger partial charge in [0.2, 0.25) is 0 Å². The van der Waals surface area contributed by atoms with Crippen LogP contribution < -0.4 is 4.90 Å². The number of rotatable bonds is 3. The Balaban J connectivity index is 2.75. The molecule has 0 aromatic heterocycles. The average molecular weight is 413 g/mol. The minimum Gasteiger partial charge on any atom is -0.465 e. The summed E-state index contributed by atoms with van der Waals surface area (Å²) in [5.41, 5.74) is 1.55. The maximum atomic E-state index is 12.4. The fourth-order valence-electron chi connectivity index (χ4n) is 2.26. The Kier molecular flexibility index (Phi) is 5.85. The van der Waals surface area contributed by atoms with Gasteiger partial charge in [-0.3, -0.25) is 0 Å². The third kappa shape index (κ3) is 3.55. The summed E-state index contributed by atoms with van der Waals surface area (Å²) in [6, 6.07) is 3.63. The van der Waals surface area contributed by atoms with Crippen molar-refractivity contribution < 1.29 is 19.1 Å². The van der Waals surface area contributed by atoms with Crippen molar-refractivity contribution in [1.29, 1.82) is 0 Å². The minimum absolute atomic E-state index is 0.0146. The molecule has 7 heteroatoms. The van der Waals surface area contributed by atoms with Gasteiger partial charge in [-0.1, -0.05) is 17.7 Å². The molecule has 5 nitrogen and oxygen atoms in total. The number of carbonyl (C=O) groups excluding carboxylic acids is 2.